The highest BCUT2D eigenvalue weighted by atomic mass is 32.2. The molecule has 23 heavy (non-hydrogen) atoms. The van der Waals surface area contributed by atoms with Crippen molar-refractivity contribution in [1.82, 2.24) is 14.1 Å². The standard InChI is InChI=1S/C17H21N3O2S/c1-19-13-17(12-18-19)11-16-7-9-20(14-16)23(21,22)10-8-15-5-3-2-4-6-15/h2-6,8,10,12-13,16H,7,9,11,14H2,1H3/b10-8-/t16-/m1/s1. The van der Waals surface area contributed by atoms with Gasteiger partial charge in [0.25, 0.3) is 0 Å². The number of hydrogen-bond acceptors (Lipinski definition) is 3. The van der Waals surface area contributed by atoms with Crippen LogP contribution in [0.3, 0.4) is 0 Å². The van der Waals surface area contributed by atoms with Gasteiger partial charge in [0.1, 0.15) is 0 Å². The van der Waals surface area contributed by atoms with Gasteiger partial charge in [-0.3, -0.25) is 4.68 Å². The minimum absolute atomic E-state index is 0.360. The summed E-state index contributed by atoms with van der Waals surface area (Å²) in [6.07, 6.45) is 7.28. The highest BCUT2D eigenvalue weighted by Gasteiger charge is 2.29. The van der Waals surface area contributed by atoms with Crippen LogP contribution >= 0.6 is 0 Å². The smallest absolute Gasteiger partial charge is 0.236 e. The molecule has 122 valence electrons. The lowest BCUT2D eigenvalue weighted by molar-refractivity contribution is 0.463. The van der Waals surface area contributed by atoms with E-state index in [-0.39, 0.29) is 0 Å². The molecule has 2 heterocycles. The molecule has 1 atom stereocenters. The van der Waals surface area contributed by atoms with Crippen LogP contribution in [0.1, 0.15) is 17.5 Å². The van der Waals surface area contributed by atoms with E-state index in [1.165, 1.54) is 5.41 Å². The molecule has 1 saturated heterocycles. The molecule has 2 aromatic rings. The zero-order valence-electron chi connectivity index (χ0n) is 13.2. The van der Waals surface area contributed by atoms with Gasteiger partial charge in [-0.2, -0.15) is 9.40 Å². The molecule has 0 N–H and O–H groups in total. The maximum absolute atomic E-state index is 12.4. The zero-order chi connectivity index (χ0) is 16.3. The first kappa shape index (κ1) is 16.0. The van der Waals surface area contributed by atoms with Crippen molar-refractivity contribution >= 4 is 16.1 Å². The van der Waals surface area contributed by atoms with Crippen molar-refractivity contribution in [3.63, 3.8) is 0 Å². The summed E-state index contributed by atoms with van der Waals surface area (Å²) in [5, 5.41) is 5.48. The van der Waals surface area contributed by atoms with Crippen LogP contribution < -0.4 is 0 Å². The highest BCUT2D eigenvalue weighted by molar-refractivity contribution is 7.92. The van der Waals surface area contributed by atoms with Crippen molar-refractivity contribution < 1.29 is 8.42 Å². The third-order valence-electron chi connectivity index (χ3n) is 4.12. The molecule has 1 aliphatic rings. The Hall–Kier alpha value is -1.92. The van der Waals surface area contributed by atoms with E-state index in [2.05, 4.69) is 5.10 Å². The monoisotopic (exact) mass is 331 g/mol. The van der Waals surface area contributed by atoms with E-state index < -0.39 is 10.0 Å². The van der Waals surface area contributed by atoms with Crippen molar-refractivity contribution in [3.05, 3.63) is 59.3 Å². The van der Waals surface area contributed by atoms with Crippen molar-refractivity contribution in [1.29, 1.82) is 0 Å². The van der Waals surface area contributed by atoms with Gasteiger partial charge < -0.3 is 0 Å². The fourth-order valence-corrected chi connectivity index (χ4v) is 4.20. The minimum Gasteiger partial charge on any atom is -0.276 e. The first-order valence-electron chi connectivity index (χ1n) is 7.74. The SMILES string of the molecule is Cn1cc(C[C@H]2CCN(S(=O)(=O)/C=C\c3ccccc3)C2)cn1. The Morgan fingerprint density at radius 2 is 2.09 bits per heavy atom. The summed E-state index contributed by atoms with van der Waals surface area (Å²) in [6, 6.07) is 9.48. The van der Waals surface area contributed by atoms with E-state index >= 15 is 0 Å². The summed E-state index contributed by atoms with van der Waals surface area (Å²) >= 11 is 0. The lowest BCUT2D eigenvalue weighted by Gasteiger charge is -2.13. The van der Waals surface area contributed by atoms with Gasteiger partial charge in [0, 0.05) is 31.7 Å². The van der Waals surface area contributed by atoms with Crippen molar-refractivity contribution in [2.24, 2.45) is 13.0 Å². The number of rotatable bonds is 5. The van der Waals surface area contributed by atoms with Crippen LogP contribution in [0, 0.1) is 5.92 Å². The van der Waals surface area contributed by atoms with Crippen LogP contribution in [-0.4, -0.2) is 35.6 Å². The maximum Gasteiger partial charge on any atom is 0.236 e. The summed E-state index contributed by atoms with van der Waals surface area (Å²) in [7, 11) is -1.45. The molecule has 1 aromatic carbocycles. The highest BCUT2D eigenvalue weighted by Crippen LogP contribution is 2.24. The second-order valence-corrected chi connectivity index (χ2v) is 7.82. The minimum atomic E-state index is -3.35. The summed E-state index contributed by atoms with van der Waals surface area (Å²) in [4.78, 5) is 0. The number of nitrogens with zero attached hydrogens (tertiary/aromatic N) is 3. The second-order valence-electron chi connectivity index (χ2n) is 6.00. The molecule has 0 amide bonds. The first-order valence-corrected chi connectivity index (χ1v) is 9.24. The molecule has 0 saturated carbocycles. The van der Waals surface area contributed by atoms with Crippen LogP contribution in [0.15, 0.2) is 48.1 Å². The maximum atomic E-state index is 12.4. The lowest BCUT2D eigenvalue weighted by atomic mass is 10.0. The average molecular weight is 331 g/mol. The molecule has 0 aliphatic carbocycles. The molecule has 1 aromatic heterocycles. The number of aromatic nitrogens is 2. The molecule has 1 fully saturated rings. The van der Waals surface area contributed by atoms with Crippen LogP contribution in [0.4, 0.5) is 0 Å². The van der Waals surface area contributed by atoms with Gasteiger partial charge in [0.05, 0.1) is 6.20 Å². The molecular formula is C17H21N3O2S. The van der Waals surface area contributed by atoms with E-state index in [1.54, 1.807) is 15.1 Å². The van der Waals surface area contributed by atoms with Crippen LogP contribution in [0.5, 0.6) is 0 Å². The predicted octanol–water partition coefficient (Wildman–Crippen LogP) is 2.29. The summed E-state index contributed by atoms with van der Waals surface area (Å²) in [5.41, 5.74) is 2.05. The van der Waals surface area contributed by atoms with Gasteiger partial charge in [0.2, 0.25) is 10.0 Å². The summed E-state index contributed by atoms with van der Waals surface area (Å²) < 4.78 is 28.2. The quantitative estimate of drug-likeness (QED) is 0.845. The molecule has 0 radical (unpaired) electrons. The topological polar surface area (TPSA) is 55.2 Å². The molecular weight excluding hydrogens is 310 g/mol. The first-order chi connectivity index (χ1) is 11.0. The lowest BCUT2D eigenvalue weighted by Crippen LogP contribution is -2.27. The van der Waals surface area contributed by atoms with Gasteiger partial charge in [-0.1, -0.05) is 30.3 Å². The van der Waals surface area contributed by atoms with E-state index in [0.717, 1.165) is 24.0 Å². The number of benzene rings is 1. The molecule has 0 spiro atoms. The van der Waals surface area contributed by atoms with Crippen LogP contribution in [0.25, 0.3) is 6.08 Å². The Kier molecular flexibility index (Phi) is 4.63. The average Bonchev–Trinajstić information content (AvgIpc) is 3.17. The molecule has 0 bridgehead atoms. The van der Waals surface area contributed by atoms with E-state index in [9.17, 15) is 8.42 Å². The van der Waals surface area contributed by atoms with E-state index in [0.29, 0.717) is 19.0 Å². The van der Waals surface area contributed by atoms with E-state index in [1.807, 2.05) is 49.8 Å². The molecule has 5 nitrogen and oxygen atoms in total. The Bertz CT molecular complexity index is 781. The Labute approximate surface area is 137 Å². The van der Waals surface area contributed by atoms with Gasteiger partial charge in [0.15, 0.2) is 0 Å². The fraction of sp³-hybridized carbons (Fsp3) is 0.353. The van der Waals surface area contributed by atoms with Crippen LogP contribution in [0.2, 0.25) is 0 Å². The zero-order valence-corrected chi connectivity index (χ0v) is 14.0. The Balaban J connectivity index is 1.62. The van der Waals surface area contributed by atoms with Crippen LogP contribution in [-0.2, 0) is 23.5 Å². The van der Waals surface area contributed by atoms with E-state index in [4.69, 9.17) is 0 Å². The molecule has 1 aliphatic heterocycles. The fourth-order valence-electron chi connectivity index (χ4n) is 2.92. The van der Waals surface area contributed by atoms with Gasteiger partial charge in [-0.05, 0) is 36.0 Å². The third-order valence-corrected chi connectivity index (χ3v) is 5.65. The molecule has 0 unspecified atom stereocenters. The second kappa shape index (κ2) is 6.68. The van der Waals surface area contributed by atoms with Gasteiger partial charge >= 0.3 is 0 Å². The number of sulfonamides is 1. The van der Waals surface area contributed by atoms with Crippen molar-refractivity contribution in [3.8, 4) is 0 Å². The molecule has 6 heteroatoms. The van der Waals surface area contributed by atoms with Gasteiger partial charge in [-0.25, -0.2) is 8.42 Å². The normalized spacial score (nSPS) is 19.6. The van der Waals surface area contributed by atoms with Gasteiger partial charge in [-0.15, -0.1) is 0 Å². The third kappa shape index (κ3) is 4.09. The largest absolute Gasteiger partial charge is 0.276 e. The summed E-state index contributed by atoms with van der Waals surface area (Å²) in [6.45, 7) is 1.17. The number of aryl methyl sites for hydroxylation is 1. The van der Waals surface area contributed by atoms with Crippen molar-refractivity contribution in [2.45, 2.75) is 12.8 Å². The Morgan fingerprint density at radius 1 is 1.30 bits per heavy atom. The number of hydrogen-bond donors (Lipinski definition) is 0. The predicted molar refractivity (Wildman–Crippen MR) is 91.0 cm³/mol. The van der Waals surface area contributed by atoms with Crippen molar-refractivity contribution in [2.75, 3.05) is 13.1 Å². The summed E-state index contributed by atoms with van der Waals surface area (Å²) in [5.74, 6) is 0.360. The Morgan fingerprint density at radius 3 is 2.78 bits per heavy atom. The molecule has 3 rings (SSSR count).